The third-order valence-electron chi connectivity index (χ3n) is 2.11. The molecule has 2 aromatic rings. The average Bonchev–Trinajstić information content (AvgIpc) is 2.67. The Morgan fingerprint density at radius 2 is 2.28 bits per heavy atom. The number of anilines is 1. The summed E-state index contributed by atoms with van der Waals surface area (Å²) in [7, 11) is 0. The monoisotopic (exact) mass is 259 g/mol. The maximum Gasteiger partial charge on any atom is 0.186 e. The van der Waals surface area contributed by atoms with Crippen LogP contribution in [0, 0.1) is 18.8 Å². The van der Waals surface area contributed by atoms with Crippen molar-refractivity contribution in [3.8, 4) is 11.8 Å². The van der Waals surface area contributed by atoms with Crippen molar-refractivity contribution in [2.24, 2.45) is 0 Å². The number of thiazole rings is 1. The molecule has 0 saturated heterocycles. The molecule has 0 bridgehead atoms. The SMILES string of the molecule is Cc1nc(NC(C)O)sc1C#Cc1cccnc1. The third kappa shape index (κ3) is 3.29. The van der Waals surface area contributed by atoms with Crippen LogP contribution in [-0.4, -0.2) is 21.3 Å². The number of hydrogen-bond donors (Lipinski definition) is 2. The van der Waals surface area contributed by atoms with E-state index in [0.29, 0.717) is 5.13 Å². The molecular weight excluding hydrogens is 246 g/mol. The van der Waals surface area contributed by atoms with Gasteiger partial charge in [-0.2, -0.15) is 0 Å². The zero-order valence-corrected chi connectivity index (χ0v) is 11.0. The maximum atomic E-state index is 9.23. The standard InChI is InChI=1S/C13H13N3OS/c1-9-12(18-13(15-9)16-10(2)17)6-5-11-4-3-7-14-8-11/h3-4,7-8,10,17H,1-2H3,(H,15,16). The Kier molecular flexibility index (Phi) is 3.92. The summed E-state index contributed by atoms with van der Waals surface area (Å²) in [5.74, 6) is 6.10. The lowest BCUT2D eigenvalue weighted by atomic mass is 10.3. The molecule has 0 radical (unpaired) electrons. The molecule has 2 heterocycles. The zero-order chi connectivity index (χ0) is 13.0. The Morgan fingerprint density at radius 3 is 2.94 bits per heavy atom. The van der Waals surface area contributed by atoms with Gasteiger partial charge < -0.3 is 10.4 Å². The molecule has 0 aliphatic rings. The van der Waals surface area contributed by atoms with Crippen LogP contribution < -0.4 is 5.32 Å². The van der Waals surface area contributed by atoms with Gasteiger partial charge in [0.05, 0.1) is 5.69 Å². The second-order valence-corrected chi connectivity index (χ2v) is 4.74. The van der Waals surface area contributed by atoms with Gasteiger partial charge in [-0.25, -0.2) is 4.98 Å². The van der Waals surface area contributed by atoms with E-state index in [-0.39, 0.29) is 0 Å². The van der Waals surface area contributed by atoms with E-state index in [1.807, 2.05) is 19.1 Å². The molecular formula is C13H13N3OS. The van der Waals surface area contributed by atoms with E-state index in [9.17, 15) is 5.11 Å². The number of aliphatic hydroxyl groups is 1. The first kappa shape index (κ1) is 12.6. The lowest BCUT2D eigenvalue weighted by Crippen LogP contribution is -2.12. The van der Waals surface area contributed by atoms with Crippen molar-refractivity contribution in [1.29, 1.82) is 0 Å². The highest BCUT2D eigenvalue weighted by Crippen LogP contribution is 2.21. The molecule has 0 spiro atoms. The van der Waals surface area contributed by atoms with Crippen molar-refractivity contribution in [2.45, 2.75) is 20.1 Å². The highest BCUT2D eigenvalue weighted by atomic mass is 32.1. The first-order valence-corrected chi connectivity index (χ1v) is 6.31. The van der Waals surface area contributed by atoms with Crippen molar-refractivity contribution < 1.29 is 5.11 Å². The number of aliphatic hydroxyl groups excluding tert-OH is 1. The molecule has 2 aromatic heterocycles. The number of hydrogen-bond acceptors (Lipinski definition) is 5. The quantitative estimate of drug-likeness (QED) is 0.639. The van der Waals surface area contributed by atoms with Crippen LogP contribution in [0.4, 0.5) is 5.13 Å². The molecule has 0 saturated carbocycles. The number of aryl methyl sites for hydroxylation is 1. The van der Waals surface area contributed by atoms with Crippen molar-refractivity contribution in [2.75, 3.05) is 5.32 Å². The first-order chi connectivity index (χ1) is 8.65. The second kappa shape index (κ2) is 5.63. The van der Waals surface area contributed by atoms with Gasteiger partial charge in [-0.1, -0.05) is 17.3 Å². The van der Waals surface area contributed by atoms with Crippen LogP contribution in [0.2, 0.25) is 0 Å². The Balaban J connectivity index is 2.20. The molecule has 0 amide bonds. The summed E-state index contributed by atoms with van der Waals surface area (Å²) in [6.45, 7) is 3.55. The summed E-state index contributed by atoms with van der Waals surface area (Å²) in [5.41, 5.74) is 1.73. The van der Waals surface area contributed by atoms with Gasteiger partial charge in [0.2, 0.25) is 0 Å². The number of rotatable bonds is 2. The predicted octanol–water partition coefficient (Wildman–Crippen LogP) is 2.00. The number of nitrogens with zero attached hydrogens (tertiary/aromatic N) is 2. The van der Waals surface area contributed by atoms with Gasteiger partial charge in [-0.05, 0) is 31.9 Å². The van der Waals surface area contributed by atoms with E-state index in [1.165, 1.54) is 11.3 Å². The minimum absolute atomic E-state index is 0.616. The molecule has 5 heteroatoms. The minimum atomic E-state index is -0.616. The van der Waals surface area contributed by atoms with Gasteiger partial charge in [-0.15, -0.1) is 0 Å². The fraction of sp³-hybridized carbons (Fsp3) is 0.231. The van der Waals surface area contributed by atoms with Crippen LogP contribution in [0.25, 0.3) is 0 Å². The summed E-state index contributed by atoms with van der Waals surface area (Å²) >= 11 is 1.43. The molecule has 18 heavy (non-hydrogen) atoms. The second-order valence-electron chi connectivity index (χ2n) is 3.75. The summed E-state index contributed by atoms with van der Waals surface area (Å²) in [5, 5.41) is 12.8. The molecule has 0 aliphatic heterocycles. The van der Waals surface area contributed by atoms with Crippen LogP contribution >= 0.6 is 11.3 Å². The van der Waals surface area contributed by atoms with Gasteiger partial charge in [-0.3, -0.25) is 4.98 Å². The molecule has 1 unspecified atom stereocenters. The molecule has 1 atom stereocenters. The van der Waals surface area contributed by atoms with Crippen molar-refractivity contribution in [3.05, 3.63) is 40.7 Å². The third-order valence-corrected chi connectivity index (χ3v) is 3.11. The molecule has 2 N–H and O–H groups in total. The molecule has 4 nitrogen and oxygen atoms in total. The first-order valence-electron chi connectivity index (χ1n) is 5.49. The van der Waals surface area contributed by atoms with Crippen molar-refractivity contribution in [3.63, 3.8) is 0 Å². The number of nitrogens with one attached hydrogen (secondary N) is 1. The van der Waals surface area contributed by atoms with Gasteiger partial charge in [0, 0.05) is 18.0 Å². The van der Waals surface area contributed by atoms with Crippen LogP contribution in [0.15, 0.2) is 24.5 Å². The Morgan fingerprint density at radius 1 is 1.44 bits per heavy atom. The highest BCUT2D eigenvalue weighted by molar-refractivity contribution is 7.16. The molecule has 92 valence electrons. The van der Waals surface area contributed by atoms with E-state index in [4.69, 9.17) is 0 Å². The molecule has 0 aromatic carbocycles. The van der Waals surface area contributed by atoms with Gasteiger partial charge in [0.1, 0.15) is 11.1 Å². The van der Waals surface area contributed by atoms with E-state index in [0.717, 1.165) is 16.1 Å². The summed E-state index contributed by atoms with van der Waals surface area (Å²) < 4.78 is 0. The lowest BCUT2D eigenvalue weighted by molar-refractivity contribution is 0.224. The summed E-state index contributed by atoms with van der Waals surface area (Å²) in [4.78, 5) is 9.19. The fourth-order valence-electron chi connectivity index (χ4n) is 1.32. The minimum Gasteiger partial charge on any atom is -0.374 e. The van der Waals surface area contributed by atoms with Gasteiger partial charge in [0.25, 0.3) is 0 Å². The smallest absolute Gasteiger partial charge is 0.186 e. The summed E-state index contributed by atoms with van der Waals surface area (Å²) in [6, 6.07) is 3.76. The maximum absolute atomic E-state index is 9.23. The Labute approximate surface area is 110 Å². The number of aromatic nitrogens is 2. The largest absolute Gasteiger partial charge is 0.374 e. The number of pyridine rings is 1. The van der Waals surface area contributed by atoms with Crippen LogP contribution in [0.3, 0.4) is 0 Å². The Bertz CT molecular complexity index is 581. The van der Waals surface area contributed by atoms with Crippen LogP contribution in [0.1, 0.15) is 23.1 Å². The normalized spacial score (nSPS) is 11.5. The van der Waals surface area contributed by atoms with Gasteiger partial charge in [0.15, 0.2) is 5.13 Å². The van der Waals surface area contributed by atoms with Crippen LogP contribution in [-0.2, 0) is 0 Å². The topological polar surface area (TPSA) is 58.0 Å². The van der Waals surface area contributed by atoms with Crippen molar-refractivity contribution >= 4 is 16.5 Å². The zero-order valence-electron chi connectivity index (χ0n) is 10.1. The molecule has 0 aliphatic carbocycles. The summed E-state index contributed by atoms with van der Waals surface area (Å²) in [6.07, 6.45) is 2.82. The molecule has 2 rings (SSSR count). The fourth-order valence-corrected chi connectivity index (χ4v) is 2.22. The molecule has 0 fully saturated rings. The van der Waals surface area contributed by atoms with Gasteiger partial charge >= 0.3 is 0 Å². The average molecular weight is 259 g/mol. The van der Waals surface area contributed by atoms with Crippen molar-refractivity contribution in [1.82, 2.24) is 9.97 Å². The van der Waals surface area contributed by atoms with E-state index < -0.39 is 6.23 Å². The van der Waals surface area contributed by atoms with E-state index in [1.54, 1.807) is 19.3 Å². The highest BCUT2D eigenvalue weighted by Gasteiger charge is 2.06. The van der Waals surface area contributed by atoms with E-state index >= 15 is 0 Å². The lowest BCUT2D eigenvalue weighted by Gasteiger charge is -2.02. The van der Waals surface area contributed by atoms with E-state index in [2.05, 4.69) is 27.1 Å². The Hall–Kier alpha value is -1.90. The predicted molar refractivity (Wildman–Crippen MR) is 72.4 cm³/mol. The van der Waals surface area contributed by atoms with Crippen LogP contribution in [0.5, 0.6) is 0 Å².